The molecular formula is C42H56N4O7. The second kappa shape index (κ2) is 20.5. The number of rotatable bonds is 10. The first-order valence-electron chi connectivity index (χ1n) is 18.3. The lowest BCUT2D eigenvalue weighted by molar-refractivity contribution is -0.156. The van der Waals surface area contributed by atoms with Gasteiger partial charge in [0.15, 0.2) is 5.60 Å². The standard InChI is InChI=1S/C19H30N2O2.C15H20N2O2.C8H6O3/c1-15(2)14-19(23,16-8-6-5-7-9-16)18(22)21-12-10-17(11-13-21)20(3)4;1-16(2)13-8-10-17(11-9-13)15(19)14(18)12-6-4-3-5-7-12;9-7(8(10)11)6-4-2-1-3-5-6/h5-9,15,17,23H,10-14H2,1-4H3;3-7,13H,8-11H2,1-2H3;1-5H,(H,10,11). The highest BCUT2D eigenvalue weighted by Crippen LogP contribution is 2.32. The van der Waals surface area contributed by atoms with Crippen LogP contribution in [-0.4, -0.2) is 126 Å². The average Bonchev–Trinajstić information content (AvgIpc) is 3.18. The molecule has 53 heavy (non-hydrogen) atoms. The van der Waals surface area contributed by atoms with Gasteiger partial charge in [0.05, 0.1) is 0 Å². The van der Waals surface area contributed by atoms with Crippen LogP contribution in [0.4, 0.5) is 0 Å². The fourth-order valence-electron chi connectivity index (χ4n) is 6.64. The summed E-state index contributed by atoms with van der Waals surface area (Å²) >= 11 is 0. The highest BCUT2D eigenvalue weighted by Gasteiger charge is 2.42. The number of amides is 2. The van der Waals surface area contributed by atoms with Crippen molar-refractivity contribution >= 4 is 29.4 Å². The van der Waals surface area contributed by atoms with E-state index in [4.69, 9.17) is 5.11 Å². The number of nitrogens with zero attached hydrogens (tertiary/aromatic N) is 4. The van der Waals surface area contributed by atoms with Gasteiger partial charge in [-0.3, -0.25) is 19.2 Å². The molecule has 3 aromatic carbocycles. The number of hydrogen-bond donors (Lipinski definition) is 2. The fraction of sp³-hybridized carbons (Fsp3) is 0.452. The first-order valence-corrected chi connectivity index (χ1v) is 18.3. The maximum atomic E-state index is 13.1. The number of piperidine rings is 2. The molecule has 286 valence electrons. The molecule has 2 fully saturated rings. The Morgan fingerprint density at radius 1 is 0.642 bits per heavy atom. The van der Waals surface area contributed by atoms with Crippen molar-refractivity contribution in [2.45, 2.75) is 63.6 Å². The van der Waals surface area contributed by atoms with Gasteiger partial charge in [-0.05, 0) is 71.8 Å². The molecule has 0 saturated carbocycles. The molecule has 2 N–H and O–H groups in total. The number of carbonyl (C=O) groups is 5. The summed E-state index contributed by atoms with van der Waals surface area (Å²) in [6, 6.07) is 27.1. The van der Waals surface area contributed by atoms with Gasteiger partial charge in [-0.2, -0.15) is 0 Å². The number of aliphatic hydroxyl groups is 1. The van der Waals surface area contributed by atoms with Crippen molar-refractivity contribution in [2.24, 2.45) is 5.92 Å². The smallest absolute Gasteiger partial charge is 0.377 e. The van der Waals surface area contributed by atoms with Crippen LogP contribution < -0.4 is 0 Å². The lowest BCUT2D eigenvalue weighted by atomic mass is 9.84. The summed E-state index contributed by atoms with van der Waals surface area (Å²) in [6.45, 7) is 6.85. The summed E-state index contributed by atoms with van der Waals surface area (Å²) < 4.78 is 0. The molecule has 1 atom stereocenters. The van der Waals surface area contributed by atoms with Gasteiger partial charge in [0.25, 0.3) is 17.6 Å². The largest absolute Gasteiger partial charge is 0.475 e. The number of carbonyl (C=O) groups excluding carboxylic acids is 4. The zero-order valence-electron chi connectivity index (χ0n) is 32.0. The van der Waals surface area contributed by atoms with E-state index in [0.29, 0.717) is 42.7 Å². The Bertz CT molecular complexity index is 1620. The van der Waals surface area contributed by atoms with E-state index in [1.54, 1.807) is 47.4 Å². The quantitative estimate of drug-likeness (QED) is 0.222. The SMILES string of the molecule is CC(C)CC(O)(C(=O)N1CCC(N(C)C)CC1)c1ccccc1.CN(C)C1CCN(C(=O)C(=O)c2ccccc2)CC1.O=C(O)C(=O)c1ccccc1. The van der Waals surface area contributed by atoms with E-state index in [-0.39, 0.29) is 23.3 Å². The van der Waals surface area contributed by atoms with E-state index in [1.165, 1.54) is 12.1 Å². The van der Waals surface area contributed by atoms with Crippen LogP contribution in [0.3, 0.4) is 0 Å². The van der Waals surface area contributed by atoms with Gasteiger partial charge in [0.1, 0.15) is 0 Å². The summed E-state index contributed by atoms with van der Waals surface area (Å²) in [4.78, 5) is 66.1. The number of likely N-dealkylation sites (tertiary alicyclic amines) is 2. The summed E-state index contributed by atoms with van der Waals surface area (Å²) in [7, 11) is 8.27. The van der Waals surface area contributed by atoms with E-state index in [0.717, 1.165) is 38.8 Å². The molecule has 0 aromatic heterocycles. The van der Waals surface area contributed by atoms with Gasteiger partial charge in [-0.15, -0.1) is 0 Å². The minimum absolute atomic E-state index is 0.144. The molecule has 2 aliphatic heterocycles. The highest BCUT2D eigenvalue weighted by atomic mass is 16.4. The van der Waals surface area contributed by atoms with Crippen LogP contribution in [0.25, 0.3) is 0 Å². The van der Waals surface area contributed by atoms with Gasteiger partial charge < -0.3 is 29.8 Å². The van der Waals surface area contributed by atoms with Gasteiger partial charge >= 0.3 is 5.97 Å². The van der Waals surface area contributed by atoms with Gasteiger partial charge in [-0.1, -0.05) is 105 Å². The molecule has 1 unspecified atom stereocenters. The molecule has 2 amide bonds. The van der Waals surface area contributed by atoms with Crippen LogP contribution in [0.15, 0.2) is 91.0 Å². The van der Waals surface area contributed by atoms with Gasteiger partial charge in [0.2, 0.25) is 5.78 Å². The second-order valence-electron chi connectivity index (χ2n) is 14.5. The number of ketones is 2. The van der Waals surface area contributed by atoms with Crippen molar-refractivity contribution in [1.29, 1.82) is 0 Å². The van der Waals surface area contributed by atoms with Crippen molar-refractivity contribution in [3.63, 3.8) is 0 Å². The normalized spacial score (nSPS) is 16.2. The third kappa shape index (κ3) is 12.4. The van der Waals surface area contributed by atoms with Crippen LogP contribution in [0, 0.1) is 5.92 Å². The Balaban J connectivity index is 0.000000227. The first-order chi connectivity index (χ1) is 25.1. The third-order valence-electron chi connectivity index (χ3n) is 9.73. The van der Waals surface area contributed by atoms with Crippen LogP contribution in [0.1, 0.15) is 72.2 Å². The van der Waals surface area contributed by atoms with E-state index in [2.05, 4.69) is 38.0 Å². The van der Waals surface area contributed by atoms with Crippen molar-refractivity contribution in [3.8, 4) is 0 Å². The zero-order chi connectivity index (χ0) is 39.1. The van der Waals surface area contributed by atoms with Gasteiger partial charge in [-0.25, -0.2) is 4.79 Å². The lowest BCUT2D eigenvalue weighted by Crippen LogP contribution is -2.52. The Morgan fingerprint density at radius 3 is 1.40 bits per heavy atom. The Morgan fingerprint density at radius 2 is 1.02 bits per heavy atom. The van der Waals surface area contributed by atoms with Crippen molar-refractivity contribution < 1.29 is 34.2 Å². The lowest BCUT2D eigenvalue weighted by Gasteiger charge is -2.40. The Hall–Kier alpha value is -4.71. The highest BCUT2D eigenvalue weighted by molar-refractivity contribution is 6.42. The molecule has 11 heteroatoms. The minimum Gasteiger partial charge on any atom is -0.475 e. The van der Waals surface area contributed by atoms with Crippen LogP contribution in [-0.2, 0) is 20.0 Å². The summed E-state index contributed by atoms with van der Waals surface area (Å²) in [6.07, 6.45) is 4.24. The number of benzene rings is 3. The van der Waals surface area contributed by atoms with Crippen LogP contribution in [0.2, 0.25) is 0 Å². The molecule has 11 nitrogen and oxygen atoms in total. The van der Waals surface area contributed by atoms with E-state index < -0.39 is 23.1 Å². The fourth-order valence-corrected chi connectivity index (χ4v) is 6.64. The minimum atomic E-state index is -1.42. The molecular weight excluding hydrogens is 672 g/mol. The molecule has 2 aliphatic rings. The van der Waals surface area contributed by atoms with E-state index in [9.17, 15) is 29.1 Å². The second-order valence-corrected chi connectivity index (χ2v) is 14.5. The van der Waals surface area contributed by atoms with Crippen molar-refractivity contribution in [3.05, 3.63) is 108 Å². The number of hydrogen-bond acceptors (Lipinski definition) is 8. The summed E-state index contributed by atoms with van der Waals surface area (Å²) in [5.41, 5.74) is -0.0314. The predicted octanol–water partition coefficient (Wildman–Crippen LogP) is 4.85. The molecule has 5 rings (SSSR count). The summed E-state index contributed by atoms with van der Waals surface area (Å²) in [5, 5.41) is 19.5. The van der Waals surface area contributed by atoms with Crippen molar-refractivity contribution in [1.82, 2.24) is 19.6 Å². The van der Waals surface area contributed by atoms with E-state index in [1.807, 2.05) is 55.1 Å². The predicted molar refractivity (Wildman–Crippen MR) is 206 cm³/mol. The molecule has 0 bridgehead atoms. The molecule has 0 aliphatic carbocycles. The van der Waals surface area contributed by atoms with E-state index >= 15 is 0 Å². The maximum Gasteiger partial charge on any atom is 0.377 e. The number of Topliss-reactive ketones (excluding diaryl/α,β-unsaturated/α-hetero) is 2. The van der Waals surface area contributed by atoms with Gasteiger partial charge in [0, 0.05) is 49.4 Å². The number of carboxylic acid groups (broad SMARTS) is 1. The molecule has 3 aromatic rings. The third-order valence-corrected chi connectivity index (χ3v) is 9.73. The molecule has 0 spiro atoms. The average molecular weight is 729 g/mol. The van der Waals surface area contributed by atoms with Crippen LogP contribution >= 0.6 is 0 Å². The molecule has 2 saturated heterocycles. The number of aliphatic carboxylic acids is 1. The Labute approximate surface area is 314 Å². The van der Waals surface area contributed by atoms with Crippen molar-refractivity contribution in [2.75, 3.05) is 54.4 Å². The van der Waals surface area contributed by atoms with Crippen LogP contribution in [0.5, 0.6) is 0 Å². The monoisotopic (exact) mass is 728 g/mol. The molecule has 2 heterocycles. The first kappa shape index (κ1) is 42.7. The summed E-state index contributed by atoms with van der Waals surface area (Å²) in [5.74, 6) is -2.97. The zero-order valence-corrected chi connectivity index (χ0v) is 32.0. The molecule has 0 radical (unpaired) electrons. The maximum absolute atomic E-state index is 13.1. The Kier molecular flexibility index (Phi) is 16.5. The number of carboxylic acids is 1. The topological polar surface area (TPSA) is 139 Å².